The SMILES string of the molecule is O=C1[C@@H]2[C@H]3CC[C@H]([C@H]4C=C[C@@H]43)[C@@H]2C(=O)N1c1ccccc1. The van der Waals surface area contributed by atoms with Crippen molar-refractivity contribution in [3.63, 3.8) is 0 Å². The zero-order valence-electron chi connectivity index (χ0n) is 11.7. The van der Waals surface area contributed by atoms with Crippen molar-refractivity contribution in [3.8, 4) is 0 Å². The van der Waals surface area contributed by atoms with Gasteiger partial charge in [0.15, 0.2) is 0 Å². The molecule has 4 fully saturated rings. The Labute approximate surface area is 123 Å². The molecular weight excluding hydrogens is 262 g/mol. The zero-order chi connectivity index (χ0) is 14.1. The van der Waals surface area contributed by atoms with E-state index in [2.05, 4.69) is 12.2 Å². The summed E-state index contributed by atoms with van der Waals surface area (Å²) in [5, 5.41) is 0. The summed E-state index contributed by atoms with van der Waals surface area (Å²) in [6.07, 6.45) is 6.75. The van der Waals surface area contributed by atoms with Crippen LogP contribution in [0.4, 0.5) is 5.69 Å². The molecule has 0 unspecified atom stereocenters. The molecule has 1 aliphatic heterocycles. The number of anilines is 1. The fraction of sp³-hybridized carbons (Fsp3) is 0.444. The molecule has 1 saturated heterocycles. The zero-order valence-corrected chi connectivity index (χ0v) is 11.7. The fourth-order valence-electron chi connectivity index (χ4n) is 5.28. The minimum atomic E-state index is -0.0670. The summed E-state index contributed by atoms with van der Waals surface area (Å²) in [6, 6.07) is 9.41. The molecule has 3 nitrogen and oxygen atoms in total. The highest BCUT2D eigenvalue weighted by Crippen LogP contribution is 2.61. The molecular formula is C18H17NO2. The fourth-order valence-corrected chi connectivity index (χ4v) is 5.28. The Bertz CT molecular complexity index is 627. The van der Waals surface area contributed by atoms with Crippen molar-refractivity contribution >= 4 is 17.5 Å². The smallest absolute Gasteiger partial charge is 0.237 e. The first-order valence-electron chi connectivity index (χ1n) is 7.88. The molecule has 6 atom stereocenters. The van der Waals surface area contributed by atoms with Crippen LogP contribution in [0, 0.1) is 35.5 Å². The van der Waals surface area contributed by atoms with E-state index in [1.54, 1.807) is 0 Å². The molecule has 0 N–H and O–H groups in total. The standard InChI is InChI=1S/C18H17NO2/c20-17-15-13-8-9-14(12-7-6-11(12)13)16(15)18(21)19(17)10-4-2-1-3-5-10/h1-7,11-16H,8-9H2/t11-,12-,13-,14+,15+,16-/m0/s1. The number of hydrogen-bond donors (Lipinski definition) is 0. The second-order valence-corrected chi connectivity index (χ2v) is 6.84. The Morgan fingerprint density at radius 3 is 1.81 bits per heavy atom. The average Bonchev–Trinajstić information content (AvgIpc) is 2.73. The number of carbonyl (C=O) groups excluding carboxylic acids is 2. The van der Waals surface area contributed by atoms with E-state index in [0.717, 1.165) is 18.5 Å². The van der Waals surface area contributed by atoms with Gasteiger partial charge in [0.25, 0.3) is 0 Å². The minimum Gasteiger partial charge on any atom is -0.274 e. The molecule has 0 spiro atoms. The van der Waals surface area contributed by atoms with Gasteiger partial charge in [-0.1, -0.05) is 30.4 Å². The molecule has 6 rings (SSSR count). The highest BCUT2D eigenvalue weighted by Gasteiger charge is 2.64. The molecule has 1 aromatic rings. The van der Waals surface area contributed by atoms with Crippen molar-refractivity contribution in [2.75, 3.05) is 4.90 Å². The van der Waals surface area contributed by atoms with Crippen LogP contribution in [0.2, 0.25) is 0 Å². The second kappa shape index (κ2) is 3.85. The number of fused-ring (bicyclic) bond motifs is 1. The van der Waals surface area contributed by atoms with Gasteiger partial charge in [-0.3, -0.25) is 14.5 Å². The van der Waals surface area contributed by atoms with Crippen LogP contribution in [-0.2, 0) is 9.59 Å². The van der Waals surface area contributed by atoms with Gasteiger partial charge in [0, 0.05) is 0 Å². The Balaban J connectivity index is 1.60. The summed E-state index contributed by atoms with van der Waals surface area (Å²) in [4.78, 5) is 27.3. The van der Waals surface area contributed by atoms with Crippen LogP contribution in [0.15, 0.2) is 42.5 Å². The lowest BCUT2D eigenvalue weighted by Crippen LogP contribution is -2.53. The van der Waals surface area contributed by atoms with E-state index in [4.69, 9.17) is 0 Å². The van der Waals surface area contributed by atoms with Crippen molar-refractivity contribution < 1.29 is 9.59 Å². The van der Waals surface area contributed by atoms with E-state index < -0.39 is 0 Å². The first-order chi connectivity index (χ1) is 10.3. The maximum Gasteiger partial charge on any atom is 0.237 e. The third kappa shape index (κ3) is 1.30. The van der Waals surface area contributed by atoms with Crippen LogP contribution in [-0.4, -0.2) is 11.8 Å². The molecule has 1 aromatic carbocycles. The Morgan fingerprint density at radius 1 is 0.810 bits per heavy atom. The van der Waals surface area contributed by atoms with Crippen molar-refractivity contribution in [1.82, 2.24) is 0 Å². The van der Waals surface area contributed by atoms with E-state index in [1.165, 1.54) is 4.90 Å². The third-order valence-corrected chi connectivity index (χ3v) is 6.16. The Morgan fingerprint density at radius 2 is 1.33 bits per heavy atom. The van der Waals surface area contributed by atoms with E-state index in [9.17, 15) is 9.59 Å². The van der Waals surface area contributed by atoms with Crippen LogP contribution < -0.4 is 4.90 Å². The highest BCUT2D eigenvalue weighted by atomic mass is 16.2. The summed E-state index contributed by atoms with van der Waals surface area (Å²) in [5.74, 6) is 1.84. The van der Waals surface area contributed by atoms with Gasteiger partial charge in [-0.05, 0) is 48.6 Å². The molecule has 21 heavy (non-hydrogen) atoms. The molecule has 2 bridgehead atoms. The lowest BCUT2D eigenvalue weighted by atomic mass is 9.47. The average molecular weight is 279 g/mol. The molecule has 2 amide bonds. The third-order valence-electron chi connectivity index (χ3n) is 6.16. The molecule has 3 saturated carbocycles. The molecule has 3 heteroatoms. The summed E-state index contributed by atoms with van der Waals surface area (Å²) in [7, 11) is 0. The van der Waals surface area contributed by atoms with Crippen LogP contribution >= 0.6 is 0 Å². The molecule has 0 aromatic heterocycles. The molecule has 0 radical (unpaired) electrons. The summed E-state index contributed by atoms with van der Waals surface area (Å²) < 4.78 is 0. The summed E-state index contributed by atoms with van der Waals surface area (Å²) in [6.45, 7) is 0. The number of benzene rings is 1. The number of carbonyl (C=O) groups is 2. The number of para-hydroxylation sites is 1. The van der Waals surface area contributed by atoms with Crippen LogP contribution in [0.5, 0.6) is 0 Å². The minimum absolute atomic E-state index is 0.0460. The second-order valence-electron chi connectivity index (χ2n) is 6.84. The maximum atomic E-state index is 12.9. The van der Waals surface area contributed by atoms with Crippen LogP contribution in [0.3, 0.4) is 0 Å². The number of hydrogen-bond acceptors (Lipinski definition) is 2. The largest absolute Gasteiger partial charge is 0.274 e. The molecule has 106 valence electrons. The predicted molar refractivity (Wildman–Crippen MR) is 78.2 cm³/mol. The number of imide groups is 1. The van der Waals surface area contributed by atoms with Gasteiger partial charge in [-0.2, -0.15) is 0 Å². The van der Waals surface area contributed by atoms with Gasteiger partial charge in [-0.15, -0.1) is 0 Å². The number of rotatable bonds is 1. The van der Waals surface area contributed by atoms with Gasteiger partial charge in [0.2, 0.25) is 11.8 Å². The summed E-state index contributed by atoms with van der Waals surface area (Å²) in [5.41, 5.74) is 0.738. The van der Waals surface area contributed by atoms with Gasteiger partial charge >= 0.3 is 0 Å². The van der Waals surface area contributed by atoms with E-state index in [-0.39, 0.29) is 23.7 Å². The Kier molecular flexibility index (Phi) is 2.15. The van der Waals surface area contributed by atoms with E-state index in [0.29, 0.717) is 23.7 Å². The normalized spacial score (nSPS) is 42.8. The highest BCUT2D eigenvalue weighted by molar-refractivity contribution is 6.22. The molecule has 5 aliphatic rings. The topological polar surface area (TPSA) is 37.4 Å². The van der Waals surface area contributed by atoms with Crippen LogP contribution in [0.1, 0.15) is 12.8 Å². The molecule has 1 heterocycles. The van der Waals surface area contributed by atoms with Crippen molar-refractivity contribution in [3.05, 3.63) is 42.5 Å². The number of allylic oxidation sites excluding steroid dienone is 2. The first-order valence-corrected chi connectivity index (χ1v) is 7.88. The van der Waals surface area contributed by atoms with Crippen molar-refractivity contribution in [2.45, 2.75) is 12.8 Å². The quantitative estimate of drug-likeness (QED) is 0.585. The van der Waals surface area contributed by atoms with Crippen LogP contribution in [0.25, 0.3) is 0 Å². The summed E-state index contributed by atoms with van der Waals surface area (Å²) >= 11 is 0. The Hall–Kier alpha value is -1.90. The van der Waals surface area contributed by atoms with Crippen molar-refractivity contribution in [1.29, 1.82) is 0 Å². The monoisotopic (exact) mass is 279 g/mol. The first kappa shape index (κ1) is 11.7. The van der Waals surface area contributed by atoms with E-state index in [1.807, 2.05) is 30.3 Å². The lowest BCUT2D eigenvalue weighted by Gasteiger charge is -2.55. The molecule has 4 aliphatic carbocycles. The van der Waals surface area contributed by atoms with Gasteiger partial charge in [0.05, 0.1) is 17.5 Å². The number of amides is 2. The number of nitrogens with zero attached hydrogens (tertiary/aromatic N) is 1. The maximum absolute atomic E-state index is 12.9. The van der Waals surface area contributed by atoms with Gasteiger partial charge in [0.1, 0.15) is 0 Å². The lowest BCUT2D eigenvalue weighted by molar-refractivity contribution is -0.135. The van der Waals surface area contributed by atoms with Gasteiger partial charge in [-0.25, -0.2) is 0 Å². The van der Waals surface area contributed by atoms with Gasteiger partial charge < -0.3 is 0 Å². The van der Waals surface area contributed by atoms with E-state index >= 15 is 0 Å². The predicted octanol–water partition coefficient (Wildman–Crippen LogP) is 2.63. The van der Waals surface area contributed by atoms with Crippen molar-refractivity contribution in [2.24, 2.45) is 35.5 Å².